The maximum atomic E-state index is 8.93. The van der Waals surface area contributed by atoms with E-state index in [1.807, 2.05) is 17.0 Å². The lowest BCUT2D eigenvalue weighted by Gasteiger charge is -2.22. The zero-order valence-electron chi connectivity index (χ0n) is 10.7. The van der Waals surface area contributed by atoms with Gasteiger partial charge in [0.15, 0.2) is 0 Å². The van der Waals surface area contributed by atoms with Crippen molar-refractivity contribution in [1.29, 1.82) is 0 Å². The number of hydrogen-bond donors (Lipinski definition) is 3. The third-order valence-electron chi connectivity index (χ3n) is 2.97. The topological polar surface area (TPSA) is 69.7 Å². The quantitative estimate of drug-likeness (QED) is 0.683. The van der Waals surface area contributed by atoms with Gasteiger partial charge < -0.3 is 15.9 Å². The number of aliphatic hydroxyl groups excluding tert-OH is 2. The summed E-state index contributed by atoms with van der Waals surface area (Å²) in [6, 6.07) is 5.19. The van der Waals surface area contributed by atoms with Crippen LogP contribution < -0.4 is 5.73 Å². The van der Waals surface area contributed by atoms with Crippen LogP contribution in [0.15, 0.2) is 18.2 Å². The van der Waals surface area contributed by atoms with Gasteiger partial charge in [-0.05, 0) is 18.1 Å². The van der Waals surface area contributed by atoms with E-state index in [0.717, 1.165) is 5.56 Å². The van der Waals surface area contributed by atoms with Crippen LogP contribution in [0.2, 0.25) is 10.0 Å². The fourth-order valence-corrected chi connectivity index (χ4v) is 2.35. The number of nitrogens with zero attached hydrogens (tertiary/aromatic N) is 1. The zero-order chi connectivity index (χ0) is 14.3. The van der Waals surface area contributed by atoms with Crippen molar-refractivity contribution in [2.75, 3.05) is 32.8 Å². The SMILES string of the molecule is NC(CCN(CCO)CCO)c1cccc(Cl)c1Cl. The van der Waals surface area contributed by atoms with Crippen molar-refractivity contribution in [2.24, 2.45) is 5.73 Å². The fourth-order valence-electron chi connectivity index (χ4n) is 1.90. The third kappa shape index (κ3) is 5.26. The van der Waals surface area contributed by atoms with Gasteiger partial charge in [-0.3, -0.25) is 4.90 Å². The molecule has 0 saturated carbocycles. The summed E-state index contributed by atoms with van der Waals surface area (Å²) < 4.78 is 0. The average Bonchev–Trinajstić information content (AvgIpc) is 2.39. The van der Waals surface area contributed by atoms with Crippen molar-refractivity contribution >= 4 is 23.2 Å². The molecule has 6 heteroatoms. The fraction of sp³-hybridized carbons (Fsp3) is 0.538. The zero-order valence-corrected chi connectivity index (χ0v) is 12.2. The molecule has 1 rings (SSSR count). The first-order chi connectivity index (χ1) is 9.10. The van der Waals surface area contributed by atoms with Crippen LogP contribution in [0.25, 0.3) is 0 Å². The number of halogens is 2. The van der Waals surface area contributed by atoms with E-state index in [1.165, 1.54) is 0 Å². The van der Waals surface area contributed by atoms with E-state index in [4.69, 9.17) is 39.1 Å². The Hall–Kier alpha value is -0.360. The van der Waals surface area contributed by atoms with Crippen molar-refractivity contribution in [3.05, 3.63) is 33.8 Å². The number of benzene rings is 1. The maximum absolute atomic E-state index is 8.93. The van der Waals surface area contributed by atoms with Crippen molar-refractivity contribution in [2.45, 2.75) is 12.5 Å². The Kier molecular flexibility index (Phi) is 7.68. The van der Waals surface area contributed by atoms with Gasteiger partial charge in [-0.25, -0.2) is 0 Å². The Morgan fingerprint density at radius 3 is 2.32 bits per heavy atom. The summed E-state index contributed by atoms with van der Waals surface area (Å²) in [6.07, 6.45) is 0.681. The van der Waals surface area contributed by atoms with Crippen LogP contribution in [0.5, 0.6) is 0 Å². The van der Waals surface area contributed by atoms with Crippen molar-refractivity contribution in [1.82, 2.24) is 4.90 Å². The second-order valence-corrected chi connectivity index (χ2v) is 5.11. The smallest absolute Gasteiger partial charge is 0.0640 e. The van der Waals surface area contributed by atoms with Crippen LogP contribution in [0.1, 0.15) is 18.0 Å². The first kappa shape index (κ1) is 16.7. The normalized spacial score (nSPS) is 12.9. The molecular weight excluding hydrogens is 287 g/mol. The highest BCUT2D eigenvalue weighted by atomic mass is 35.5. The van der Waals surface area contributed by atoms with Gasteiger partial charge in [0.05, 0.1) is 23.3 Å². The Labute approximate surface area is 123 Å². The number of hydrogen-bond acceptors (Lipinski definition) is 4. The molecule has 1 aromatic carbocycles. The van der Waals surface area contributed by atoms with Crippen LogP contribution in [0.3, 0.4) is 0 Å². The Morgan fingerprint density at radius 2 is 1.74 bits per heavy atom. The number of rotatable bonds is 8. The largest absolute Gasteiger partial charge is 0.395 e. The molecule has 0 bridgehead atoms. The van der Waals surface area contributed by atoms with Gasteiger partial charge in [0.1, 0.15) is 0 Å². The molecule has 0 heterocycles. The molecule has 0 saturated heterocycles. The highest BCUT2D eigenvalue weighted by Gasteiger charge is 2.14. The predicted molar refractivity (Wildman–Crippen MR) is 78.6 cm³/mol. The molecule has 0 aliphatic carbocycles. The van der Waals surface area contributed by atoms with E-state index in [-0.39, 0.29) is 19.3 Å². The average molecular weight is 307 g/mol. The van der Waals surface area contributed by atoms with E-state index in [9.17, 15) is 0 Å². The molecule has 108 valence electrons. The van der Waals surface area contributed by atoms with E-state index in [0.29, 0.717) is 36.1 Å². The molecular formula is C13H20Cl2N2O2. The summed E-state index contributed by atoms with van der Waals surface area (Å²) in [4.78, 5) is 1.96. The highest BCUT2D eigenvalue weighted by molar-refractivity contribution is 6.42. The molecule has 0 aromatic heterocycles. The molecule has 0 aliphatic heterocycles. The molecule has 0 amide bonds. The third-order valence-corrected chi connectivity index (χ3v) is 3.80. The van der Waals surface area contributed by atoms with Gasteiger partial charge in [0.25, 0.3) is 0 Å². The van der Waals surface area contributed by atoms with E-state index in [2.05, 4.69) is 0 Å². The molecule has 19 heavy (non-hydrogen) atoms. The molecule has 1 atom stereocenters. The van der Waals surface area contributed by atoms with Crippen molar-refractivity contribution < 1.29 is 10.2 Å². The van der Waals surface area contributed by atoms with Gasteiger partial charge in [-0.1, -0.05) is 35.3 Å². The molecule has 0 fully saturated rings. The van der Waals surface area contributed by atoms with Gasteiger partial charge in [-0.15, -0.1) is 0 Å². The van der Waals surface area contributed by atoms with E-state index >= 15 is 0 Å². The van der Waals surface area contributed by atoms with Crippen molar-refractivity contribution in [3.63, 3.8) is 0 Å². The summed E-state index contributed by atoms with van der Waals surface area (Å²) in [7, 11) is 0. The maximum Gasteiger partial charge on any atom is 0.0640 e. The number of aliphatic hydroxyl groups is 2. The molecule has 0 spiro atoms. The van der Waals surface area contributed by atoms with Crippen LogP contribution in [-0.2, 0) is 0 Å². The van der Waals surface area contributed by atoms with Crippen LogP contribution in [0.4, 0.5) is 0 Å². The lowest BCUT2D eigenvalue weighted by molar-refractivity contribution is 0.157. The molecule has 0 radical (unpaired) electrons. The lowest BCUT2D eigenvalue weighted by atomic mass is 10.0. The van der Waals surface area contributed by atoms with Gasteiger partial charge in [-0.2, -0.15) is 0 Å². The van der Waals surface area contributed by atoms with Crippen LogP contribution in [-0.4, -0.2) is 48.0 Å². The summed E-state index contributed by atoms with van der Waals surface area (Å²) in [6.45, 7) is 1.86. The monoisotopic (exact) mass is 306 g/mol. The molecule has 0 aliphatic rings. The van der Waals surface area contributed by atoms with Crippen LogP contribution >= 0.6 is 23.2 Å². The van der Waals surface area contributed by atoms with Gasteiger partial charge in [0, 0.05) is 25.7 Å². The summed E-state index contributed by atoms with van der Waals surface area (Å²) >= 11 is 12.1. The van der Waals surface area contributed by atoms with Gasteiger partial charge >= 0.3 is 0 Å². The van der Waals surface area contributed by atoms with E-state index in [1.54, 1.807) is 6.07 Å². The van der Waals surface area contributed by atoms with Crippen molar-refractivity contribution in [3.8, 4) is 0 Å². The Balaban J connectivity index is 2.58. The lowest BCUT2D eigenvalue weighted by Crippen LogP contribution is -2.32. The second kappa shape index (κ2) is 8.74. The van der Waals surface area contributed by atoms with Gasteiger partial charge in [0.2, 0.25) is 0 Å². The molecule has 4 nitrogen and oxygen atoms in total. The van der Waals surface area contributed by atoms with E-state index < -0.39 is 0 Å². The minimum absolute atomic E-state index is 0.0627. The minimum Gasteiger partial charge on any atom is -0.395 e. The molecule has 4 N–H and O–H groups in total. The molecule has 1 unspecified atom stereocenters. The summed E-state index contributed by atoms with van der Waals surface area (Å²) in [5, 5.41) is 18.9. The Bertz CT molecular complexity index is 385. The first-order valence-corrected chi connectivity index (χ1v) is 6.99. The minimum atomic E-state index is -0.217. The second-order valence-electron chi connectivity index (χ2n) is 4.33. The Morgan fingerprint density at radius 1 is 1.11 bits per heavy atom. The summed E-state index contributed by atoms with van der Waals surface area (Å²) in [5.41, 5.74) is 6.93. The summed E-state index contributed by atoms with van der Waals surface area (Å²) in [5.74, 6) is 0. The first-order valence-electron chi connectivity index (χ1n) is 6.23. The molecule has 1 aromatic rings. The standard InChI is InChI=1S/C13H20Cl2N2O2/c14-11-3-1-2-10(13(11)15)12(16)4-5-17(6-8-18)7-9-19/h1-3,12,18-19H,4-9,16H2. The van der Waals surface area contributed by atoms with Crippen LogP contribution in [0, 0.1) is 0 Å². The predicted octanol–water partition coefficient (Wildman–Crippen LogP) is 1.67. The highest BCUT2D eigenvalue weighted by Crippen LogP contribution is 2.30. The number of nitrogens with two attached hydrogens (primary N) is 1.